The first-order chi connectivity index (χ1) is 8.13. The predicted octanol–water partition coefficient (Wildman–Crippen LogP) is 1.07. The second kappa shape index (κ2) is 4.89. The first-order valence-electron chi connectivity index (χ1n) is 5.72. The van der Waals surface area contributed by atoms with E-state index in [9.17, 15) is 4.79 Å². The predicted molar refractivity (Wildman–Crippen MR) is 62.8 cm³/mol. The van der Waals surface area contributed by atoms with Crippen LogP contribution >= 0.6 is 0 Å². The van der Waals surface area contributed by atoms with Gasteiger partial charge in [-0.25, -0.2) is 4.79 Å². The van der Waals surface area contributed by atoms with Crippen molar-refractivity contribution in [1.29, 1.82) is 0 Å². The molecular weight excluding hydrogens is 220 g/mol. The summed E-state index contributed by atoms with van der Waals surface area (Å²) in [6.45, 7) is 4.38. The SMILES string of the molecule is COC(=O)c1ccc(CNC2(C)CCOC2)[nH]1. The van der Waals surface area contributed by atoms with Crippen LogP contribution in [-0.2, 0) is 16.0 Å². The summed E-state index contributed by atoms with van der Waals surface area (Å²) in [4.78, 5) is 14.3. The van der Waals surface area contributed by atoms with Gasteiger partial charge < -0.3 is 19.8 Å². The van der Waals surface area contributed by atoms with Crippen LogP contribution in [0.1, 0.15) is 29.5 Å². The number of carbonyl (C=O) groups excluding carboxylic acids is 1. The number of aromatic amines is 1. The van der Waals surface area contributed by atoms with E-state index in [0.29, 0.717) is 12.2 Å². The molecule has 0 aliphatic carbocycles. The van der Waals surface area contributed by atoms with E-state index in [1.54, 1.807) is 6.07 Å². The molecule has 1 aliphatic rings. The van der Waals surface area contributed by atoms with Crippen LogP contribution in [0.3, 0.4) is 0 Å². The summed E-state index contributed by atoms with van der Waals surface area (Å²) < 4.78 is 10.00. The van der Waals surface area contributed by atoms with Crippen LogP contribution < -0.4 is 5.32 Å². The highest BCUT2D eigenvalue weighted by Gasteiger charge is 2.28. The highest BCUT2D eigenvalue weighted by Crippen LogP contribution is 2.18. The Hall–Kier alpha value is -1.33. The van der Waals surface area contributed by atoms with Crippen molar-refractivity contribution < 1.29 is 14.3 Å². The van der Waals surface area contributed by atoms with Crippen LogP contribution in [0.4, 0.5) is 0 Å². The van der Waals surface area contributed by atoms with E-state index in [1.807, 2.05) is 6.07 Å². The number of H-pyrrole nitrogens is 1. The van der Waals surface area contributed by atoms with Crippen molar-refractivity contribution in [3.05, 3.63) is 23.5 Å². The van der Waals surface area contributed by atoms with Crippen LogP contribution in [0, 0.1) is 0 Å². The third-order valence-electron chi connectivity index (χ3n) is 3.08. The quantitative estimate of drug-likeness (QED) is 0.770. The molecule has 17 heavy (non-hydrogen) atoms. The molecule has 2 rings (SSSR count). The smallest absolute Gasteiger partial charge is 0.354 e. The largest absolute Gasteiger partial charge is 0.464 e. The zero-order chi connectivity index (χ0) is 12.3. The lowest BCUT2D eigenvalue weighted by Crippen LogP contribution is -2.42. The Morgan fingerprint density at radius 2 is 2.47 bits per heavy atom. The molecule has 1 fully saturated rings. The molecule has 5 heteroatoms. The Bertz CT molecular complexity index is 394. The number of ether oxygens (including phenoxy) is 2. The van der Waals surface area contributed by atoms with E-state index < -0.39 is 0 Å². The third-order valence-corrected chi connectivity index (χ3v) is 3.08. The van der Waals surface area contributed by atoms with Gasteiger partial charge in [-0.05, 0) is 25.5 Å². The van der Waals surface area contributed by atoms with Gasteiger partial charge in [-0.1, -0.05) is 0 Å². The van der Waals surface area contributed by atoms with Crippen LogP contribution in [0.2, 0.25) is 0 Å². The number of methoxy groups -OCH3 is 1. The van der Waals surface area contributed by atoms with Gasteiger partial charge in [-0.2, -0.15) is 0 Å². The van der Waals surface area contributed by atoms with Crippen molar-refractivity contribution in [1.82, 2.24) is 10.3 Å². The maximum absolute atomic E-state index is 11.3. The van der Waals surface area contributed by atoms with Crippen molar-refractivity contribution in [2.45, 2.75) is 25.4 Å². The molecule has 1 saturated heterocycles. The molecule has 94 valence electrons. The maximum Gasteiger partial charge on any atom is 0.354 e. The molecule has 0 saturated carbocycles. The average Bonchev–Trinajstić information content (AvgIpc) is 2.95. The molecule has 5 nitrogen and oxygen atoms in total. The zero-order valence-electron chi connectivity index (χ0n) is 10.2. The Labute approximate surface area is 100 Å². The Balaban J connectivity index is 1.91. The van der Waals surface area contributed by atoms with E-state index in [1.165, 1.54) is 7.11 Å². The summed E-state index contributed by atoms with van der Waals surface area (Å²) in [5.74, 6) is -0.341. The van der Waals surface area contributed by atoms with Gasteiger partial charge in [0.15, 0.2) is 0 Å². The number of esters is 1. The standard InChI is InChI=1S/C12H18N2O3/c1-12(5-6-17-8-12)13-7-9-3-4-10(14-9)11(15)16-2/h3-4,13-14H,5-8H2,1-2H3. The number of carbonyl (C=O) groups is 1. The van der Waals surface area contributed by atoms with E-state index >= 15 is 0 Å². The first-order valence-corrected chi connectivity index (χ1v) is 5.72. The molecule has 1 unspecified atom stereocenters. The van der Waals surface area contributed by atoms with Gasteiger partial charge in [0.25, 0.3) is 0 Å². The van der Waals surface area contributed by atoms with Gasteiger partial charge >= 0.3 is 5.97 Å². The lowest BCUT2D eigenvalue weighted by Gasteiger charge is -2.23. The monoisotopic (exact) mass is 238 g/mol. The molecule has 0 bridgehead atoms. The lowest BCUT2D eigenvalue weighted by molar-refractivity contribution is 0.0594. The fourth-order valence-electron chi connectivity index (χ4n) is 1.89. The second-order valence-electron chi connectivity index (χ2n) is 4.61. The fraction of sp³-hybridized carbons (Fsp3) is 0.583. The van der Waals surface area contributed by atoms with Gasteiger partial charge in [0, 0.05) is 24.4 Å². The number of nitrogens with one attached hydrogen (secondary N) is 2. The minimum Gasteiger partial charge on any atom is -0.464 e. The van der Waals surface area contributed by atoms with Crippen molar-refractivity contribution in [3.63, 3.8) is 0 Å². The minimum absolute atomic E-state index is 0.0382. The number of hydrogen-bond acceptors (Lipinski definition) is 4. The fourth-order valence-corrected chi connectivity index (χ4v) is 1.89. The Morgan fingerprint density at radius 3 is 3.12 bits per heavy atom. The van der Waals surface area contributed by atoms with E-state index in [4.69, 9.17) is 4.74 Å². The summed E-state index contributed by atoms with van der Waals surface area (Å²) in [6, 6.07) is 3.62. The molecule has 0 aromatic carbocycles. The van der Waals surface area contributed by atoms with Gasteiger partial charge in [-0.3, -0.25) is 0 Å². The molecule has 0 spiro atoms. The van der Waals surface area contributed by atoms with Crippen LogP contribution in [0.15, 0.2) is 12.1 Å². The lowest BCUT2D eigenvalue weighted by atomic mass is 10.0. The second-order valence-corrected chi connectivity index (χ2v) is 4.61. The molecule has 1 aromatic heterocycles. The summed E-state index contributed by atoms with van der Waals surface area (Å²) in [7, 11) is 1.37. The molecule has 1 aliphatic heterocycles. The summed E-state index contributed by atoms with van der Waals surface area (Å²) in [5.41, 5.74) is 1.49. The van der Waals surface area contributed by atoms with E-state index in [-0.39, 0.29) is 11.5 Å². The van der Waals surface area contributed by atoms with Crippen molar-refractivity contribution in [2.75, 3.05) is 20.3 Å². The highest BCUT2D eigenvalue weighted by atomic mass is 16.5. The number of rotatable bonds is 4. The summed E-state index contributed by atoms with van der Waals surface area (Å²) in [6.07, 6.45) is 1.01. The first kappa shape index (κ1) is 12.1. The molecule has 1 aromatic rings. The van der Waals surface area contributed by atoms with Crippen LogP contribution in [0.5, 0.6) is 0 Å². The molecule has 0 amide bonds. The van der Waals surface area contributed by atoms with E-state index in [2.05, 4.69) is 22.0 Å². The Morgan fingerprint density at radius 1 is 1.65 bits per heavy atom. The normalized spacial score (nSPS) is 23.9. The minimum atomic E-state index is -0.341. The summed E-state index contributed by atoms with van der Waals surface area (Å²) >= 11 is 0. The van der Waals surface area contributed by atoms with Gasteiger partial charge in [0.1, 0.15) is 5.69 Å². The molecular formula is C12H18N2O3. The zero-order valence-corrected chi connectivity index (χ0v) is 10.2. The molecule has 1 atom stereocenters. The molecule has 0 radical (unpaired) electrons. The van der Waals surface area contributed by atoms with Crippen LogP contribution in [0.25, 0.3) is 0 Å². The van der Waals surface area contributed by atoms with E-state index in [0.717, 1.165) is 25.3 Å². The maximum atomic E-state index is 11.3. The van der Waals surface area contributed by atoms with Crippen molar-refractivity contribution >= 4 is 5.97 Å². The van der Waals surface area contributed by atoms with Crippen molar-refractivity contribution in [3.8, 4) is 0 Å². The molecule has 2 N–H and O–H groups in total. The van der Waals surface area contributed by atoms with Gasteiger partial charge in [0.05, 0.1) is 13.7 Å². The highest BCUT2D eigenvalue weighted by molar-refractivity contribution is 5.87. The number of hydrogen-bond donors (Lipinski definition) is 2. The van der Waals surface area contributed by atoms with Crippen molar-refractivity contribution in [2.24, 2.45) is 0 Å². The van der Waals surface area contributed by atoms with Gasteiger partial charge in [-0.15, -0.1) is 0 Å². The molecule has 2 heterocycles. The Kier molecular flexibility index (Phi) is 3.49. The third kappa shape index (κ3) is 2.87. The summed E-state index contributed by atoms with van der Waals surface area (Å²) in [5, 5.41) is 3.44. The average molecular weight is 238 g/mol. The topological polar surface area (TPSA) is 63.4 Å². The van der Waals surface area contributed by atoms with Crippen LogP contribution in [-0.4, -0.2) is 36.8 Å². The van der Waals surface area contributed by atoms with Gasteiger partial charge in [0.2, 0.25) is 0 Å². The number of aromatic nitrogens is 1.